The lowest BCUT2D eigenvalue weighted by Gasteiger charge is -2.36. The van der Waals surface area contributed by atoms with Gasteiger partial charge in [0.15, 0.2) is 0 Å². The molecule has 1 aliphatic heterocycles. The van der Waals surface area contributed by atoms with Crippen LogP contribution in [-0.4, -0.2) is 52.9 Å². The zero-order valence-electron chi connectivity index (χ0n) is 13.6. The molecule has 1 amide bonds. The minimum absolute atomic E-state index is 0. The summed E-state index contributed by atoms with van der Waals surface area (Å²) >= 11 is 0. The molecular formula is C15H27Cl3N4O. The number of hydrogen-bond acceptors (Lipinski definition) is 4. The van der Waals surface area contributed by atoms with E-state index in [4.69, 9.17) is 5.73 Å². The molecule has 1 fully saturated rings. The van der Waals surface area contributed by atoms with E-state index in [9.17, 15) is 4.79 Å². The second-order valence-corrected chi connectivity index (χ2v) is 5.69. The fourth-order valence-electron chi connectivity index (χ4n) is 2.34. The average molecular weight is 386 g/mol. The van der Waals surface area contributed by atoms with Crippen LogP contribution in [0, 0.1) is 5.92 Å². The first-order chi connectivity index (χ1) is 9.58. The van der Waals surface area contributed by atoms with Crippen LogP contribution in [0.15, 0.2) is 24.4 Å². The van der Waals surface area contributed by atoms with Gasteiger partial charge in [-0.15, -0.1) is 37.2 Å². The highest BCUT2D eigenvalue weighted by Gasteiger charge is 2.26. The van der Waals surface area contributed by atoms with Gasteiger partial charge < -0.3 is 10.6 Å². The molecule has 1 atom stereocenters. The summed E-state index contributed by atoms with van der Waals surface area (Å²) in [6.07, 6.45) is 1.82. The molecule has 0 radical (unpaired) electrons. The molecule has 1 saturated heterocycles. The van der Waals surface area contributed by atoms with Crippen molar-refractivity contribution in [2.45, 2.75) is 26.4 Å². The standard InChI is InChI=1S/C15H24N4O.3ClH/c1-12(2)14(16)15(20)19-9-7-18(8-10-19)11-13-5-3-4-6-17-13;;;/h3-6,12,14H,7-11,16H2,1-2H3;3*1H. The van der Waals surface area contributed by atoms with Gasteiger partial charge >= 0.3 is 0 Å². The van der Waals surface area contributed by atoms with Crippen molar-refractivity contribution in [3.8, 4) is 0 Å². The SMILES string of the molecule is CC(C)C(N)C(=O)N1CCN(Cc2ccccn2)CC1.Cl.Cl.Cl. The van der Waals surface area contributed by atoms with E-state index in [1.807, 2.05) is 43.1 Å². The van der Waals surface area contributed by atoms with Crippen molar-refractivity contribution in [2.75, 3.05) is 26.2 Å². The Balaban J connectivity index is 0. The van der Waals surface area contributed by atoms with Crippen LogP contribution in [0.3, 0.4) is 0 Å². The fraction of sp³-hybridized carbons (Fsp3) is 0.600. The molecule has 23 heavy (non-hydrogen) atoms. The molecule has 2 N–H and O–H groups in total. The van der Waals surface area contributed by atoms with Gasteiger partial charge in [0.2, 0.25) is 5.91 Å². The van der Waals surface area contributed by atoms with Gasteiger partial charge in [-0.05, 0) is 18.1 Å². The van der Waals surface area contributed by atoms with E-state index in [-0.39, 0.29) is 55.1 Å². The van der Waals surface area contributed by atoms with E-state index in [0.29, 0.717) is 0 Å². The zero-order valence-corrected chi connectivity index (χ0v) is 16.0. The zero-order chi connectivity index (χ0) is 14.5. The monoisotopic (exact) mass is 384 g/mol. The van der Waals surface area contributed by atoms with Crippen molar-refractivity contribution in [3.05, 3.63) is 30.1 Å². The summed E-state index contributed by atoms with van der Waals surface area (Å²) in [5.74, 6) is 0.270. The number of pyridine rings is 1. The van der Waals surface area contributed by atoms with Gasteiger partial charge in [-0.3, -0.25) is 14.7 Å². The van der Waals surface area contributed by atoms with E-state index in [1.54, 1.807) is 0 Å². The minimum Gasteiger partial charge on any atom is -0.339 e. The van der Waals surface area contributed by atoms with Gasteiger partial charge in [0.1, 0.15) is 0 Å². The number of amides is 1. The Kier molecular flexibility index (Phi) is 12.7. The first-order valence-corrected chi connectivity index (χ1v) is 7.24. The van der Waals surface area contributed by atoms with Crippen molar-refractivity contribution >= 4 is 43.1 Å². The lowest BCUT2D eigenvalue weighted by Crippen LogP contribution is -2.54. The predicted molar refractivity (Wildman–Crippen MR) is 101 cm³/mol. The molecule has 1 aliphatic rings. The number of carbonyl (C=O) groups excluding carboxylic acids is 1. The minimum atomic E-state index is -0.377. The quantitative estimate of drug-likeness (QED) is 0.861. The first kappa shape index (κ1) is 24.7. The van der Waals surface area contributed by atoms with Gasteiger partial charge in [0.25, 0.3) is 0 Å². The summed E-state index contributed by atoms with van der Waals surface area (Å²) in [5, 5.41) is 0. The highest BCUT2D eigenvalue weighted by atomic mass is 35.5. The summed E-state index contributed by atoms with van der Waals surface area (Å²) in [7, 11) is 0. The number of halogens is 3. The van der Waals surface area contributed by atoms with Crippen LogP contribution in [0.4, 0.5) is 0 Å². The number of nitrogens with two attached hydrogens (primary N) is 1. The van der Waals surface area contributed by atoms with E-state index >= 15 is 0 Å². The van der Waals surface area contributed by atoms with Gasteiger partial charge in [-0.2, -0.15) is 0 Å². The van der Waals surface area contributed by atoms with Crippen molar-refractivity contribution in [2.24, 2.45) is 11.7 Å². The molecule has 1 aromatic rings. The Morgan fingerprint density at radius 1 is 1.17 bits per heavy atom. The maximum absolute atomic E-state index is 12.2. The predicted octanol–water partition coefficient (Wildman–Crippen LogP) is 1.97. The molecule has 0 aliphatic carbocycles. The third-order valence-electron chi connectivity index (χ3n) is 3.80. The maximum atomic E-state index is 12.2. The third kappa shape index (κ3) is 7.23. The van der Waals surface area contributed by atoms with Crippen molar-refractivity contribution in [1.29, 1.82) is 0 Å². The molecular weight excluding hydrogens is 359 g/mol. The Morgan fingerprint density at radius 3 is 2.26 bits per heavy atom. The molecule has 0 saturated carbocycles. The molecule has 0 aromatic carbocycles. The Labute approximate surface area is 157 Å². The van der Waals surface area contributed by atoms with Gasteiger partial charge in [0.05, 0.1) is 11.7 Å². The number of rotatable bonds is 4. The molecule has 0 bridgehead atoms. The summed E-state index contributed by atoms with van der Waals surface area (Å²) in [5.41, 5.74) is 7.01. The van der Waals surface area contributed by atoms with Crippen molar-refractivity contribution in [3.63, 3.8) is 0 Å². The number of aromatic nitrogens is 1. The van der Waals surface area contributed by atoms with Crippen LogP contribution in [0.25, 0.3) is 0 Å². The van der Waals surface area contributed by atoms with E-state index in [1.165, 1.54) is 0 Å². The number of piperazine rings is 1. The van der Waals surface area contributed by atoms with Crippen molar-refractivity contribution < 1.29 is 4.79 Å². The Bertz CT molecular complexity index is 440. The van der Waals surface area contributed by atoms with Crippen LogP contribution in [0.1, 0.15) is 19.5 Å². The highest BCUT2D eigenvalue weighted by molar-refractivity contribution is 5.86. The second kappa shape index (κ2) is 11.9. The normalized spacial score (nSPS) is 15.9. The number of carbonyl (C=O) groups is 1. The molecule has 8 heteroatoms. The molecule has 1 aromatic heterocycles. The molecule has 1 unspecified atom stereocenters. The largest absolute Gasteiger partial charge is 0.339 e. The van der Waals surface area contributed by atoms with Gasteiger partial charge in [-0.1, -0.05) is 19.9 Å². The molecule has 2 rings (SSSR count). The topological polar surface area (TPSA) is 62.5 Å². The Morgan fingerprint density at radius 2 is 1.78 bits per heavy atom. The maximum Gasteiger partial charge on any atom is 0.239 e. The van der Waals surface area contributed by atoms with Crippen LogP contribution in [0.2, 0.25) is 0 Å². The first-order valence-electron chi connectivity index (χ1n) is 7.24. The van der Waals surface area contributed by atoms with E-state index in [2.05, 4.69) is 9.88 Å². The highest BCUT2D eigenvalue weighted by Crippen LogP contribution is 2.09. The van der Waals surface area contributed by atoms with E-state index < -0.39 is 0 Å². The lowest BCUT2D eigenvalue weighted by atomic mass is 10.0. The van der Waals surface area contributed by atoms with Crippen LogP contribution >= 0.6 is 37.2 Å². The summed E-state index contributed by atoms with van der Waals surface area (Å²) in [6, 6.07) is 5.58. The lowest BCUT2D eigenvalue weighted by molar-refractivity contribution is -0.135. The summed E-state index contributed by atoms with van der Waals surface area (Å²) in [6.45, 7) is 8.09. The average Bonchev–Trinajstić information content (AvgIpc) is 2.47. The van der Waals surface area contributed by atoms with Crippen LogP contribution in [0.5, 0.6) is 0 Å². The summed E-state index contributed by atoms with van der Waals surface area (Å²) in [4.78, 5) is 20.7. The van der Waals surface area contributed by atoms with E-state index in [0.717, 1.165) is 38.4 Å². The van der Waals surface area contributed by atoms with Gasteiger partial charge in [-0.25, -0.2) is 0 Å². The third-order valence-corrected chi connectivity index (χ3v) is 3.80. The fourth-order valence-corrected chi connectivity index (χ4v) is 2.34. The van der Waals surface area contributed by atoms with Crippen LogP contribution < -0.4 is 5.73 Å². The van der Waals surface area contributed by atoms with Crippen LogP contribution in [-0.2, 0) is 11.3 Å². The second-order valence-electron chi connectivity index (χ2n) is 5.69. The van der Waals surface area contributed by atoms with Gasteiger partial charge in [0, 0.05) is 38.9 Å². The summed E-state index contributed by atoms with van der Waals surface area (Å²) < 4.78 is 0. The number of nitrogens with zero attached hydrogens (tertiary/aromatic N) is 3. The molecule has 2 heterocycles. The molecule has 134 valence electrons. The molecule has 5 nitrogen and oxygen atoms in total. The molecule has 0 spiro atoms. The smallest absolute Gasteiger partial charge is 0.239 e. The number of hydrogen-bond donors (Lipinski definition) is 1. The van der Waals surface area contributed by atoms with Crippen molar-refractivity contribution in [1.82, 2.24) is 14.8 Å². The Hall–Kier alpha value is -0.590.